The number of carbonyl (C=O) groups excluding carboxylic acids is 3. The fourth-order valence-electron chi connectivity index (χ4n) is 8.53. The van der Waals surface area contributed by atoms with Crippen LogP contribution in [0.25, 0.3) is 33.6 Å². The molecule has 2 saturated heterocycles. The molecule has 3 aromatic heterocycles. The first-order valence-corrected chi connectivity index (χ1v) is 20.1. The molecule has 4 atom stereocenters. The van der Waals surface area contributed by atoms with E-state index in [1.165, 1.54) is 22.3 Å². The topological polar surface area (TPSA) is 149 Å². The van der Waals surface area contributed by atoms with Crippen molar-refractivity contribution < 1.29 is 19.1 Å². The average Bonchev–Trinajstić information content (AvgIpc) is 4.11. The van der Waals surface area contributed by atoms with Gasteiger partial charge in [-0.2, -0.15) is 0 Å². The Hall–Kier alpha value is -6.40. The highest BCUT2D eigenvalue weighted by atomic mass is 16.5. The molecule has 0 radical (unpaired) electrons. The molecule has 9 rings (SSSR count). The van der Waals surface area contributed by atoms with E-state index >= 15 is 0 Å². The number of hydrogen-bond donors (Lipinski definition) is 3. The van der Waals surface area contributed by atoms with Crippen LogP contribution in [0, 0.1) is 0 Å². The lowest BCUT2D eigenvalue weighted by Crippen LogP contribution is -2.45. The summed E-state index contributed by atoms with van der Waals surface area (Å²) < 4.78 is 5.63. The van der Waals surface area contributed by atoms with Crippen molar-refractivity contribution in [2.45, 2.75) is 69.7 Å². The number of pyridine rings is 1. The van der Waals surface area contributed by atoms with Gasteiger partial charge in [0.2, 0.25) is 17.7 Å². The Morgan fingerprint density at radius 2 is 1.62 bits per heavy atom. The highest BCUT2D eigenvalue weighted by Crippen LogP contribution is 2.41. The molecule has 3 N–H and O–H groups in total. The van der Waals surface area contributed by atoms with Crippen molar-refractivity contribution in [1.82, 2.24) is 40.0 Å². The predicted octanol–water partition coefficient (Wildman–Crippen LogP) is 6.90. The van der Waals surface area contributed by atoms with Crippen LogP contribution in [0.15, 0.2) is 104 Å². The summed E-state index contributed by atoms with van der Waals surface area (Å²) in [5.41, 5.74) is 10.4. The second-order valence-corrected chi connectivity index (χ2v) is 15.5. The van der Waals surface area contributed by atoms with E-state index in [1.807, 2.05) is 66.7 Å². The number of imidazole rings is 2. The first-order chi connectivity index (χ1) is 28.3. The Bertz CT molecular complexity index is 2460. The van der Waals surface area contributed by atoms with Crippen LogP contribution in [0.2, 0.25) is 0 Å². The van der Waals surface area contributed by atoms with Crippen LogP contribution in [0.1, 0.15) is 84.6 Å². The van der Waals surface area contributed by atoms with Crippen LogP contribution in [0.5, 0.6) is 0 Å². The largest absolute Gasteiger partial charge is 0.368 e. The molecular weight excluding hydrogens is 729 g/mol. The zero-order chi connectivity index (χ0) is 39.8. The van der Waals surface area contributed by atoms with Gasteiger partial charge in [-0.05, 0) is 102 Å². The minimum absolute atomic E-state index is 0.000402. The van der Waals surface area contributed by atoms with Crippen molar-refractivity contribution in [3.8, 4) is 33.6 Å². The van der Waals surface area contributed by atoms with Gasteiger partial charge < -0.3 is 29.8 Å². The van der Waals surface area contributed by atoms with E-state index < -0.39 is 12.1 Å². The van der Waals surface area contributed by atoms with Gasteiger partial charge in [0.25, 0.3) is 0 Å². The van der Waals surface area contributed by atoms with Gasteiger partial charge in [-0.15, -0.1) is 0 Å². The van der Waals surface area contributed by atoms with E-state index in [4.69, 9.17) is 9.72 Å². The maximum Gasteiger partial charge on any atom is 0.250 e. The maximum absolute atomic E-state index is 14.3. The number of nitrogens with one attached hydrogen (secondary N) is 3. The number of likely N-dealkylation sites (tertiary alicyclic amines) is 1. The minimum atomic E-state index is -0.814. The van der Waals surface area contributed by atoms with Crippen LogP contribution in [-0.4, -0.2) is 78.7 Å². The van der Waals surface area contributed by atoms with Crippen molar-refractivity contribution in [3.63, 3.8) is 0 Å². The smallest absolute Gasteiger partial charge is 0.250 e. The molecule has 12 heteroatoms. The first-order valence-electron chi connectivity index (χ1n) is 20.1. The Kier molecular flexibility index (Phi) is 10.2. The van der Waals surface area contributed by atoms with Crippen LogP contribution >= 0.6 is 0 Å². The second kappa shape index (κ2) is 15.9. The van der Waals surface area contributed by atoms with Gasteiger partial charge >= 0.3 is 0 Å². The van der Waals surface area contributed by atoms with Crippen molar-refractivity contribution in [2.24, 2.45) is 0 Å². The summed E-state index contributed by atoms with van der Waals surface area (Å²) in [6.07, 6.45) is 10.8. The van der Waals surface area contributed by atoms with Gasteiger partial charge in [0.1, 0.15) is 23.8 Å². The Labute approximate surface area is 337 Å². The molecule has 12 nitrogen and oxygen atoms in total. The minimum Gasteiger partial charge on any atom is -0.368 e. The number of rotatable bonds is 11. The number of hydrogen-bond acceptors (Lipinski definition) is 7. The lowest BCUT2D eigenvalue weighted by molar-refractivity contribution is -0.140. The van der Waals surface area contributed by atoms with Gasteiger partial charge in [-0.1, -0.05) is 60.7 Å². The summed E-state index contributed by atoms with van der Waals surface area (Å²) in [5.74, 6) is 1.07. The zero-order valence-electron chi connectivity index (χ0n) is 32.7. The molecule has 0 unspecified atom stereocenters. The average molecular weight is 775 g/mol. The van der Waals surface area contributed by atoms with Gasteiger partial charge in [0.15, 0.2) is 0 Å². The normalized spacial score (nSPS) is 18.1. The number of nitrogens with zero attached hydrogens (tertiary/aromatic N) is 5. The zero-order valence-corrected chi connectivity index (χ0v) is 32.7. The number of H-pyrrole nitrogens is 2. The third-order valence-electron chi connectivity index (χ3n) is 11.9. The quantitative estimate of drug-likeness (QED) is 0.130. The summed E-state index contributed by atoms with van der Waals surface area (Å²) >= 11 is 0. The van der Waals surface area contributed by atoms with Crippen molar-refractivity contribution in [2.75, 3.05) is 20.2 Å². The first kappa shape index (κ1) is 37.2. The molecule has 2 aliphatic heterocycles. The van der Waals surface area contributed by atoms with Crippen LogP contribution < -0.4 is 5.32 Å². The summed E-state index contributed by atoms with van der Waals surface area (Å²) in [6.45, 7) is 3.12. The fraction of sp³-hybridized carbons (Fsp3) is 0.304. The highest BCUT2D eigenvalue weighted by molar-refractivity contribution is 5.91. The summed E-state index contributed by atoms with van der Waals surface area (Å²) in [7, 11) is 1.81. The summed E-state index contributed by atoms with van der Waals surface area (Å²) in [4.78, 5) is 64.6. The highest BCUT2D eigenvalue weighted by Gasteiger charge is 2.38. The summed E-state index contributed by atoms with van der Waals surface area (Å²) in [5, 5.41) is 3.01. The number of aromatic nitrogens is 5. The van der Waals surface area contributed by atoms with Crippen molar-refractivity contribution in [1.29, 1.82) is 0 Å². The van der Waals surface area contributed by atoms with Gasteiger partial charge in [-0.25, -0.2) is 9.97 Å². The number of carbonyl (C=O) groups is 3. The second-order valence-electron chi connectivity index (χ2n) is 15.5. The number of benzene rings is 3. The Balaban J connectivity index is 0.883. The molecule has 6 aromatic rings. The molecule has 0 bridgehead atoms. The maximum atomic E-state index is 14.3. The van der Waals surface area contributed by atoms with Gasteiger partial charge in [-0.3, -0.25) is 19.4 Å². The van der Waals surface area contributed by atoms with E-state index in [0.29, 0.717) is 19.6 Å². The third-order valence-corrected chi connectivity index (χ3v) is 11.9. The predicted molar refractivity (Wildman–Crippen MR) is 219 cm³/mol. The Morgan fingerprint density at radius 1 is 0.879 bits per heavy atom. The molecule has 58 heavy (non-hydrogen) atoms. The van der Waals surface area contributed by atoms with E-state index in [9.17, 15) is 14.4 Å². The molecule has 3 amide bonds. The molecule has 3 aliphatic rings. The molecule has 3 aromatic carbocycles. The standard InChI is InChI=1S/C46H46N8O4/c1-28(53(2)41(55)21-29-9-6-18-47-25-29)43-48-26-37(50-43)31-14-16-35-33(22-31)24-34-23-32(15-17-36(34)35)38-27-49-44(51-38)39-12-7-19-54(39)46(57)42(30-10-4-3-5-11-30)52-45(56)40-13-8-20-58-40/h3-6,9-11,14-18,22-23,25-28,39-40,42H,7-8,12-13,19-21,24H2,1-2H3,(H,48,50)(H,49,51)(H,52,56)/t28-,39+,40-,42+/m0/s1. The van der Waals surface area contributed by atoms with E-state index in [2.05, 4.69) is 61.7 Å². The monoisotopic (exact) mass is 774 g/mol. The number of fused-ring (bicyclic) bond motifs is 3. The van der Waals surface area contributed by atoms with Crippen LogP contribution in [-0.2, 0) is 32.0 Å². The molecule has 2 fully saturated rings. The molecule has 0 saturated carbocycles. The molecule has 1 aliphatic carbocycles. The van der Waals surface area contributed by atoms with Crippen LogP contribution in [0.4, 0.5) is 0 Å². The molecular formula is C46H46N8O4. The lowest BCUT2D eigenvalue weighted by atomic mass is 10.0. The van der Waals surface area contributed by atoms with Gasteiger partial charge in [0, 0.05) is 32.6 Å². The van der Waals surface area contributed by atoms with Crippen molar-refractivity contribution in [3.05, 3.63) is 138 Å². The number of aromatic amines is 2. The third kappa shape index (κ3) is 7.31. The lowest BCUT2D eigenvalue weighted by Gasteiger charge is -2.29. The van der Waals surface area contributed by atoms with Crippen molar-refractivity contribution >= 4 is 17.7 Å². The fourth-order valence-corrected chi connectivity index (χ4v) is 8.53. The Morgan fingerprint density at radius 3 is 2.33 bits per heavy atom. The van der Waals surface area contributed by atoms with E-state index in [-0.39, 0.29) is 36.2 Å². The van der Waals surface area contributed by atoms with E-state index in [0.717, 1.165) is 71.0 Å². The van der Waals surface area contributed by atoms with Gasteiger partial charge in [0.05, 0.1) is 42.3 Å². The SMILES string of the molecule is C[C@@H](c1ncc(-c2ccc3c(c2)Cc2cc(-c4cnc([C@H]5CCCN5C(=O)[C@H](NC(=O)[C@@H]5CCCO5)c5ccccc5)[nH]4)ccc2-3)[nH]1)N(C)C(=O)Cc1cccnc1. The van der Waals surface area contributed by atoms with Crippen LogP contribution in [0.3, 0.4) is 0 Å². The number of amides is 3. The molecule has 5 heterocycles. The van der Waals surface area contributed by atoms with E-state index in [1.54, 1.807) is 24.3 Å². The summed E-state index contributed by atoms with van der Waals surface area (Å²) in [6, 6.07) is 24.9. The molecule has 294 valence electrons. The molecule has 0 spiro atoms. The number of likely N-dealkylation sites (N-methyl/N-ethyl adjacent to an activating group) is 1. The number of ether oxygens (including phenoxy) is 1.